The van der Waals surface area contributed by atoms with E-state index in [9.17, 15) is 4.39 Å². The van der Waals surface area contributed by atoms with Crippen LogP contribution in [0.1, 0.15) is 16.7 Å². The highest BCUT2D eigenvalue weighted by molar-refractivity contribution is 5.82. The summed E-state index contributed by atoms with van der Waals surface area (Å²) in [4.78, 5) is 2.16. The standard InChI is InChI=1S/C21H20FNO2/c1-23(11-15-6-7-16-4-2-3-5-17(16)8-15)12-18-9-20(22)10-19-13-24-14-25-21(18)19/h2-10H,11-14H2,1H3. The topological polar surface area (TPSA) is 21.7 Å². The number of hydrogen-bond acceptors (Lipinski definition) is 3. The minimum absolute atomic E-state index is 0.222. The van der Waals surface area contributed by atoms with Crippen molar-refractivity contribution in [3.05, 3.63) is 77.1 Å². The summed E-state index contributed by atoms with van der Waals surface area (Å²) in [5.74, 6) is 0.514. The van der Waals surface area contributed by atoms with Crippen molar-refractivity contribution in [2.45, 2.75) is 19.7 Å². The van der Waals surface area contributed by atoms with Gasteiger partial charge in [-0.25, -0.2) is 4.39 Å². The Balaban J connectivity index is 1.53. The van der Waals surface area contributed by atoms with Crippen molar-refractivity contribution in [1.29, 1.82) is 0 Å². The highest BCUT2D eigenvalue weighted by Gasteiger charge is 2.18. The van der Waals surface area contributed by atoms with E-state index in [2.05, 4.69) is 35.2 Å². The maximum atomic E-state index is 13.9. The Bertz CT molecular complexity index is 910. The van der Waals surface area contributed by atoms with Crippen molar-refractivity contribution in [3.63, 3.8) is 0 Å². The summed E-state index contributed by atoms with van der Waals surface area (Å²) >= 11 is 0. The molecule has 0 fully saturated rings. The minimum Gasteiger partial charge on any atom is -0.467 e. The maximum Gasteiger partial charge on any atom is 0.189 e. The molecule has 4 rings (SSSR count). The van der Waals surface area contributed by atoms with Gasteiger partial charge in [0.2, 0.25) is 0 Å². The van der Waals surface area contributed by atoms with Crippen molar-refractivity contribution in [2.24, 2.45) is 0 Å². The summed E-state index contributed by atoms with van der Waals surface area (Å²) in [6.07, 6.45) is 0. The average Bonchev–Trinajstić information content (AvgIpc) is 2.61. The van der Waals surface area contributed by atoms with Crippen LogP contribution in [0.5, 0.6) is 5.75 Å². The van der Waals surface area contributed by atoms with Crippen LogP contribution in [0.15, 0.2) is 54.6 Å². The second kappa shape index (κ2) is 6.82. The third kappa shape index (κ3) is 3.50. The van der Waals surface area contributed by atoms with Gasteiger partial charge in [-0.2, -0.15) is 0 Å². The first-order valence-corrected chi connectivity index (χ1v) is 8.37. The number of fused-ring (bicyclic) bond motifs is 2. The van der Waals surface area contributed by atoms with Crippen LogP contribution in [0.25, 0.3) is 10.8 Å². The lowest BCUT2D eigenvalue weighted by Gasteiger charge is -2.24. The maximum absolute atomic E-state index is 13.9. The molecule has 1 aliphatic rings. The second-order valence-corrected chi connectivity index (χ2v) is 6.52. The smallest absolute Gasteiger partial charge is 0.189 e. The largest absolute Gasteiger partial charge is 0.467 e. The molecule has 0 aromatic heterocycles. The first-order chi connectivity index (χ1) is 12.2. The summed E-state index contributed by atoms with van der Waals surface area (Å²) in [5.41, 5.74) is 2.87. The lowest BCUT2D eigenvalue weighted by molar-refractivity contribution is -0.0176. The van der Waals surface area contributed by atoms with E-state index < -0.39 is 0 Å². The van der Waals surface area contributed by atoms with Gasteiger partial charge in [0.15, 0.2) is 6.79 Å². The highest BCUT2D eigenvalue weighted by Crippen LogP contribution is 2.30. The van der Waals surface area contributed by atoms with Gasteiger partial charge < -0.3 is 9.47 Å². The van der Waals surface area contributed by atoms with Gasteiger partial charge in [-0.3, -0.25) is 4.90 Å². The monoisotopic (exact) mass is 337 g/mol. The Morgan fingerprint density at radius 2 is 1.84 bits per heavy atom. The summed E-state index contributed by atoms with van der Waals surface area (Å²) < 4.78 is 24.7. The van der Waals surface area contributed by atoms with Gasteiger partial charge in [0.25, 0.3) is 0 Å². The molecule has 0 aliphatic carbocycles. The van der Waals surface area contributed by atoms with Gasteiger partial charge in [0.1, 0.15) is 11.6 Å². The first kappa shape index (κ1) is 16.1. The van der Waals surface area contributed by atoms with E-state index in [1.807, 2.05) is 19.2 Å². The third-order valence-electron chi connectivity index (χ3n) is 4.46. The van der Waals surface area contributed by atoms with Crippen molar-refractivity contribution < 1.29 is 13.9 Å². The second-order valence-electron chi connectivity index (χ2n) is 6.52. The molecule has 0 saturated carbocycles. The Morgan fingerprint density at radius 3 is 2.72 bits per heavy atom. The number of nitrogens with zero attached hydrogens (tertiary/aromatic N) is 1. The molecular weight excluding hydrogens is 317 g/mol. The Kier molecular flexibility index (Phi) is 4.38. The molecular formula is C21H20FNO2. The molecule has 4 heteroatoms. The number of ether oxygens (including phenoxy) is 2. The summed E-state index contributed by atoms with van der Waals surface area (Å²) in [6, 6.07) is 17.9. The highest BCUT2D eigenvalue weighted by atomic mass is 19.1. The summed E-state index contributed by atoms with van der Waals surface area (Å²) in [7, 11) is 2.03. The molecule has 0 saturated heterocycles. The summed E-state index contributed by atoms with van der Waals surface area (Å²) in [6.45, 7) is 2.02. The van der Waals surface area contributed by atoms with E-state index in [1.165, 1.54) is 22.4 Å². The fraction of sp³-hybridized carbons (Fsp3) is 0.238. The fourth-order valence-electron chi connectivity index (χ4n) is 3.37. The molecule has 0 N–H and O–H groups in total. The molecule has 1 heterocycles. The summed E-state index contributed by atoms with van der Waals surface area (Å²) in [5, 5.41) is 2.47. The molecule has 0 amide bonds. The molecule has 3 nitrogen and oxygen atoms in total. The SMILES string of the molecule is CN(Cc1ccc2ccccc2c1)Cc1cc(F)cc2c1OCOC2. The molecule has 0 atom stereocenters. The quantitative estimate of drug-likeness (QED) is 0.701. The molecule has 25 heavy (non-hydrogen) atoms. The van der Waals surface area contributed by atoms with E-state index in [4.69, 9.17) is 9.47 Å². The van der Waals surface area contributed by atoms with Gasteiger partial charge in [-0.15, -0.1) is 0 Å². The van der Waals surface area contributed by atoms with Gasteiger partial charge in [0, 0.05) is 24.2 Å². The predicted molar refractivity (Wildman–Crippen MR) is 95.8 cm³/mol. The van der Waals surface area contributed by atoms with Crippen LogP contribution in [-0.2, 0) is 24.4 Å². The number of hydrogen-bond donors (Lipinski definition) is 0. The van der Waals surface area contributed by atoms with E-state index in [-0.39, 0.29) is 12.6 Å². The van der Waals surface area contributed by atoms with Gasteiger partial charge >= 0.3 is 0 Å². The third-order valence-corrected chi connectivity index (χ3v) is 4.46. The molecule has 0 unspecified atom stereocenters. The van der Waals surface area contributed by atoms with E-state index in [0.717, 1.165) is 23.4 Å². The van der Waals surface area contributed by atoms with Gasteiger partial charge in [-0.1, -0.05) is 36.4 Å². The molecule has 3 aromatic carbocycles. The van der Waals surface area contributed by atoms with Gasteiger partial charge in [-0.05, 0) is 41.6 Å². The van der Waals surface area contributed by atoms with Crippen LogP contribution >= 0.6 is 0 Å². The Hall–Kier alpha value is -2.43. The molecule has 3 aromatic rings. The van der Waals surface area contributed by atoms with Crippen LogP contribution in [0, 0.1) is 5.82 Å². The Morgan fingerprint density at radius 1 is 1.00 bits per heavy atom. The van der Waals surface area contributed by atoms with Crippen molar-refractivity contribution in [2.75, 3.05) is 13.8 Å². The van der Waals surface area contributed by atoms with Gasteiger partial charge in [0.05, 0.1) is 6.61 Å². The van der Waals surface area contributed by atoms with Crippen molar-refractivity contribution in [1.82, 2.24) is 4.90 Å². The fourth-order valence-corrected chi connectivity index (χ4v) is 3.37. The van der Waals surface area contributed by atoms with Crippen LogP contribution < -0.4 is 4.74 Å². The molecule has 0 bridgehead atoms. The molecule has 128 valence electrons. The number of rotatable bonds is 4. The lowest BCUT2D eigenvalue weighted by atomic mass is 10.1. The van der Waals surface area contributed by atoms with E-state index in [0.29, 0.717) is 13.2 Å². The average molecular weight is 337 g/mol. The van der Waals surface area contributed by atoms with Crippen LogP contribution in [0.2, 0.25) is 0 Å². The van der Waals surface area contributed by atoms with Crippen LogP contribution in [0.3, 0.4) is 0 Å². The molecule has 1 aliphatic heterocycles. The minimum atomic E-state index is -0.248. The number of halogens is 1. The molecule has 0 radical (unpaired) electrons. The van der Waals surface area contributed by atoms with Crippen molar-refractivity contribution in [3.8, 4) is 5.75 Å². The number of benzene rings is 3. The lowest BCUT2D eigenvalue weighted by Crippen LogP contribution is -2.20. The normalized spacial score (nSPS) is 13.7. The zero-order valence-corrected chi connectivity index (χ0v) is 14.2. The van der Waals surface area contributed by atoms with Crippen molar-refractivity contribution >= 4 is 10.8 Å². The van der Waals surface area contributed by atoms with Crippen LogP contribution in [0.4, 0.5) is 4.39 Å². The zero-order valence-electron chi connectivity index (χ0n) is 14.2. The van der Waals surface area contributed by atoms with E-state index in [1.54, 1.807) is 6.07 Å². The van der Waals surface area contributed by atoms with E-state index >= 15 is 0 Å². The predicted octanol–water partition coefficient (Wildman–Crippen LogP) is 4.48. The molecule has 0 spiro atoms. The first-order valence-electron chi connectivity index (χ1n) is 8.37. The zero-order chi connectivity index (χ0) is 17.2. The van der Waals surface area contributed by atoms with Crippen LogP contribution in [-0.4, -0.2) is 18.7 Å². The Labute approximate surface area is 146 Å².